The van der Waals surface area contributed by atoms with E-state index in [0.29, 0.717) is 13.1 Å². The second kappa shape index (κ2) is 6.31. The molecule has 0 atom stereocenters. The summed E-state index contributed by atoms with van der Waals surface area (Å²) in [5.74, 6) is -0.220. The van der Waals surface area contributed by atoms with E-state index in [9.17, 15) is 8.42 Å². The molecule has 0 radical (unpaired) electrons. The minimum absolute atomic E-state index is 0.0298. The Morgan fingerprint density at radius 3 is 2.00 bits per heavy atom. The third-order valence-corrected chi connectivity index (χ3v) is 3.82. The van der Waals surface area contributed by atoms with Gasteiger partial charge in [0, 0.05) is 13.1 Å². The van der Waals surface area contributed by atoms with E-state index in [0.717, 1.165) is 12.8 Å². The molecule has 6 heteroatoms. The number of hydrogen-bond acceptors (Lipinski definition) is 3. The zero-order chi connectivity index (χ0) is 11.2. The molecule has 4 nitrogen and oxygen atoms in total. The molecule has 0 amide bonds. The Morgan fingerprint density at radius 1 is 1.29 bits per heavy atom. The van der Waals surface area contributed by atoms with Gasteiger partial charge in [0.15, 0.2) is 0 Å². The van der Waals surface area contributed by atoms with Crippen LogP contribution in [0.3, 0.4) is 0 Å². The van der Waals surface area contributed by atoms with E-state index in [-0.39, 0.29) is 10.7 Å². The lowest BCUT2D eigenvalue weighted by Crippen LogP contribution is -2.37. The highest BCUT2D eigenvalue weighted by molar-refractivity contribution is 7.92. The van der Waals surface area contributed by atoms with Gasteiger partial charge in [-0.25, -0.2) is 12.7 Å². The molecule has 0 saturated heterocycles. The number of hydrogen-bond donors (Lipinski definition) is 1. The Morgan fingerprint density at radius 2 is 1.71 bits per heavy atom. The summed E-state index contributed by atoms with van der Waals surface area (Å²) in [7, 11) is -3.28. The molecule has 2 N–H and O–H groups in total. The van der Waals surface area contributed by atoms with Crippen molar-refractivity contribution in [3.8, 4) is 0 Å². The molecule has 0 heterocycles. The largest absolute Gasteiger partial charge is 0.392 e. The number of nitrogens with zero attached hydrogens (tertiary/aromatic N) is 1. The number of nitrogens with two attached hydrogens (primary N) is 1. The lowest BCUT2D eigenvalue weighted by molar-refractivity contribution is 0.412. The first-order valence-corrected chi connectivity index (χ1v) is 6.72. The normalized spacial score (nSPS) is 11.9. The van der Waals surface area contributed by atoms with Gasteiger partial charge in [-0.2, -0.15) is 0 Å². The van der Waals surface area contributed by atoms with Crippen molar-refractivity contribution in [1.29, 1.82) is 0 Å². The van der Waals surface area contributed by atoms with E-state index in [1.807, 2.05) is 13.8 Å². The fraction of sp³-hybridized carbons (Fsp3) is 0.875. The zero-order valence-electron chi connectivity index (χ0n) is 8.69. The molecule has 0 aliphatic carbocycles. The maximum atomic E-state index is 11.7. The van der Waals surface area contributed by atoms with Crippen LogP contribution < -0.4 is 5.73 Å². The molecule has 0 spiro atoms. The average molecular weight is 238 g/mol. The number of sulfonamides is 1. The molecule has 0 aliphatic heterocycles. The van der Waals surface area contributed by atoms with Gasteiger partial charge in [-0.05, 0) is 12.8 Å². The predicted molar refractivity (Wildman–Crippen MR) is 62.7 cm³/mol. The van der Waals surface area contributed by atoms with E-state index >= 15 is 0 Å². The highest BCUT2D eigenvalue weighted by Crippen LogP contribution is 2.04. The second-order valence-electron chi connectivity index (χ2n) is 3.12. The van der Waals surface area contributed by atoms with Gasteiger partial charge in [-0.3, -0.25) is 0 Å². The molecule has 0 saturated carbocycles. The van der Waals surface area contributed by atoms with Gasteiger partial charge in [-0.15, -0.1) is 0 Å². The Kier molecular flexibility index (Phi) is 6.22. The fourth-order valence-electron chi connectivity index (χ4n) is 1.16. The van der Waals surface area contributed by atoms with Crippen molar-refractivity contribution in [3.63, 3.8) is 0 Å². The monoisotopic (exact) mass is 238 g/mol. The number of rotatable bonds is 7. The van der Waals surface area contributed by atoms with Crippen LogP contribution >= 0.6 is 12.2 Å². The van der Waals surface area contributed by atoms with Gasteiger partial charge in [0.2, 0.25) is 10.0 Å². The second-order valence-corrected chi connectivity index (χ2v) is 5.61. The smallest absolute Gasteiger partial charge is 0.220 e. The molecular formula is C8H18N2O2S2. The SMILES string of the molecule is CCCN(CCC)S(=O)(=O)CC(N)=S. The van der Waals surface area contributed by atoms with Gasteiger partial charge in [0.05, 0.1) is 4.99 Å². The van der Waals surface area contributed by atoms with Gasteiger partial charge in [0.25, 0.3) is 0 Å². The molecule has 0 bridgehead atoms. The zero-order valence-corrected chi connectivity index (χ0v) is 10.3. The van der Waals surface area contributed by atoms with Crippen LogP contribution in [-0.2, 0) is 10.0 Å². The van der Waals surface area contributed by atoms with Crippen molar-refractivity contribution in [3.05, 3.63) is 0 Å². The van der Waals surface area contributed by atoms with Crippen LogP contribution in [0.1, 0.15) is 26.7 Å². The van der Waals surface area contributed by atoms with Crippen LogP contribution in [0.25, 0.3) is 0 Å². The first kappa shape index (κ1) is 13.8. The van der Waals surface area contributed by atoms with Gasteiger partial charge >= 0.3 is 0 Å². The minimum Gasteiger partial charge on any atom is -0.392 e. The summed E-state index contributed by atoms with van der Waals surface area (Å²) in [5.41, 5.74) is 5.23. The van der Waals surface area contributed by atoms with Crippen molar-refractivity contribution >= 4 is 27.2 Å². The van der Waals surface area contributed by atoms with E-state index in [1.165, 1.54) is 4.31 Å². The lowest BCUT2D eigenvalue weighted by Gasteiger charge is -2.20. The van der Waals surface area contributed by atoms with E-state index < -0.39 is 10.0 Å². The van der Waals surface area contributed by atoms with Crippen LogP contribution in [0.15, 0.2) is 0 Å². The molecule has 0 aromatic rings. The van der Waals surface area contributed by atoms with E-state index in [1.54, 1.807) is 0 Å². The Hall–Kier alpha value is -0.200. The van der Waals surface area contributed by atoms with Crippen LogP contribution in [0.5, 0.6) is 0 Å². The lowest BCUT2D eigenvalue weighted by atomic mass is 10.4. The van der Waals surface area contributed by atoms with Crippen molar-refractivity contribution in [2.75, 3.05) is 18.8 Å². The molecule has 84 valence electrons. The molecule has 0 aromatic heterocycles. The summed E-state index contributed by atoms with van der Waals surface area (Å²) in [5, 5.41) is 0. The predicted octanol–water partition coefficient (Wildman–Crippen LogP) is 0.724. The molecule has 0 aromatic carbocycles. The molecule has 0 unspecified atom stereocenters. The maximum absolute atomic E-state index is 11.7. The summed E-state index contributed by atoms with van der Waals surface area (Å²) in [6, 6.07) is 0. The van der Waals surface area contributed by atoms with Crippen molar-refractivity contribution in [2.24, 2.45) is 5.73 Å². The Bertz CT molecular complexity index is 269. The van der Waals surface area contributed by atoms with Gasteiger partial charge in [0.1, 0.15) is 5.75 Å². The summed E-state index contributed by atoms with van der Waals surface area (Å²) >= 11 is 4.60. The molecule has 0 fully saturated rings. The van der Waals surface area contributed by atoms with Crippen molar-refractivity contribution < 1.29 is 8.42 Å². The molecule has 0 aliphatic rings. The van der Waals surface area contributed by atoms with Crippen LogP contribution in [-0.4, -0.2) is 36.6 Å². The molecular weight excluding hydrogens is 220 g/mol. The summed E-state index contributed by atoms with van der Waals surface area (Å²) in [6.45, 7) is 4.97. The van der Waals surface area contributed by atoms with Gasteiger partial charge < -0.3 is 5.73 Å². The van der Waals surface area contributed by atoms with Gasteiger partial charge in [-0.1, -0.05) is 26.1 Å². The Labute approximate surface area is 91.5 Å². The van der Waals surface area contributed by atoms with E-state index in [4.69, 9.17) is 5.73 Å². The van der Waals surface area contributed by atoms with Crippen molar-refractivity contribution in [1.82, 2.24) is 4.31 Å². The topological polar surface area (TPSA) is 63.4 Å². The maximum Gasteiger partial charge on any atom is 0.220 e. The standard InChI is InChI=1S/C8H18N2O2S2/c1-3-5-10(6-4-2)14(11,12)7-8(9)13/h3-7H2,1-2H3,(H2,9,13). The van der Waals surface area contributed by atoms with Crippen LogP contribution in [0, 0.1) is 0 Å². The first-order chi connectivity index (χ1) is 6.44. The van der Waals surface area contributed by atoms with Crippen molar-refractivity contribution in [2.45, 2.75) is 26.7 Å². The molecule has 0 rings (SSSR count). The van der Waals surface area contributed by atoms with E-state index in [2.05, 4.69) is 12.2 Å². The summed E-state index contributed by atoms with van der Waals surface area (Å²) in [4.78, 5) is 0.0298. The van der Waals surface area contributed by atoms with Crippen LogP contribution in [0.2, 0.25) is 0 Å². The highest BCUT2D eigenvalue weighted by Gasteiger charge is 2.20. The molecule has 14 heavy (non-hydrogen) atoms. The fourth-order valence-corrected chi connectivity index (χ4v) is 3.07. The Balaban J connectivity index is 4.53. The number of thiocarbonyl (C=S) groups is 1. The first-order valence-electron chi connectivity index (χ1n) is 4.70. The summed E-state index contributed by atoms with van der Waals surface area (Å²) in [6.07, 6.45) is 1.60. The highest BCUT2D eigenvalue weighted by atomic mass is 32.2. The minimum atomic E-state index is -3.28. The quantitative estimate of drug-likeness (QED) is 0.664. The third kappa shape index (κ3) is 4.88. The average Bonchev–Trinajstić information content (AvgIpc) is 2.01. The van der Waals surface area contributed by atoms with Crippen LogP contribution in [0.4, 0.5) is 0 Å². The summed E-state index contributed by atoms with van der Waals surface area (Å²) < 4.78 is 24.8. The third-order valence-electron chi connectivity index (χ3n) is 1.66.